The maximum atomic E-state index is 12.9. The number of carboxylic acids is 1. The SMILES string of the molecule is CCOc1cccc(-n2cc(C(Nc3ccc(C(=O)NCC(CC)(CC)C(=O)O)cc3)C3CCCCC3)c(CC)n2)c1. The number of amides is 1. The quantitative estimate of drug-likeness (QED) is 0.188. The molecule has 1 heterocycles. The van der Waals surface area contributed by atoms with Crippen molar-refractivity contribution in [1.82, 2.24) is 15.1 Å². The Morgan fingerprint density at radius 2 is 1.76 bits per heavy atom. The number of nitrogens with one attached hydrogen (secondary N) is 2. The summed E-state index contributed by atoms with van der Waals surface area (Å²) in [7, 11) is 0. The molecule has 1 atom stereocenters. The molecule has 8 nitrogen and oxygen atoms in total. The van der Waals surface area contributed by atoms with E-state index in [1.165, 1.54) is 24.8 Å². The predicted molar refractivity (Wildman–Crippen MR) is 166 cm³/mol. The van der Waals surface area contributed by atoms with Gasteiger partial charge in [0.2, 0.25) is 0 Å². The van der Waals surface area contributed by atoms with E-state index in [9.17, 15) is 14.7 Å². The van der Waals surface area contributed by atoms with Crippen LogP contribution in [-0.4, -0.2) is 39.9 Å². The van der Waals surface area contributed by atoms with E-state index in [1.807, 2.05) is 61.9 Å². The van der Waals surface area contributed by atoms with Crippen LogP contribution < -0.4 is 15.4 Å². The fourth-order valence-electron chi connectivity index (χ4n) is 6.02. The highest BCUT2D eigenvalue weighted by atomic mass is 16.5. The number of rotatable bonds is 14. The molecule has 4 rings (SSSR count). The molecule has 0 spiro atoms. The zero-order valence-electron chi connectivity index (χ0n) is 25.5. The van der Waals surface area contributed by atoms with Crippen LogP contribution in [0.15, 0.2) is 54.7 Å². The van der Waals surface area contributed by atoms with Gasteiger partial charge in [0.1, 0.15) is 5.75 Å². The average molecular weight is 575 g/mol. The van der Waals surface area contributed by atoms with Crippen molar-refractivity contribution in [2.45, 2.75) is 85.1 Å². The molecule has 0 saturated heterocycles. The van der Waals surface area contributed by atoms with Crippen molar-refractivity contribution in [3.63, 3.8) is 0 Å². The van der Waals surface area contributed by atoms with E-state index in [2.05, 4.69) is 23.8 Å². The molecular weight excluding hydrogens is 528 g/mol. The van der Waals surface area contributed by atoms with Crippen LogP contribution in [-0.2, 0) is 11.2 Å². The van der Waals surface area contributed by atoms with Gasteiger partial charge in [0.05, 0.1) is 29.4 Å². The number of hydrogen-bond donors (Lipinski definition) is 3. The summed E-state index contributed by atoms with van der Waals surface area (Å²) >= 11 is 0. The number of carbonyl (C=O) groups excluding carboxylic acids is 1. The Morgan fingerprint density at radius 3 is 2.38 bits per heavy atom. The van der Waals surface area contributed by atoms with Crippen molar-refractivity contribution >= 4 is 17.6 Å². The highest BCUT2D eigenvalue weighted by molar-refractivity contribution is 5.94. The molecule has 8 heteroatoms. The number of hydrogen-bond acceptors (Lipinski definition) is 5. The van der Waals surface area contributed by atoms with Crippen molar-refractivity contribution in [3.8, 4) is 11.4 Å². The molecule has 3 N–H and O–H groups in total. The Balaban J connectivity index is 1.56. The molecule has 2 aromatic carbocycles. The van der Waals surface area contributed by atoms with E-state index in [0.29, 0.717) is 30.9 Å². The molecule has 0 bridgehead atoms. The van der Waals surface area contributed by atoms with Crippen LogP contribution in [0.25, 0.3) is 5.69 Å². The third-order valence-electron chi connectivity index (χ3n) is 8.87. The van der Waals surface area contributed by atoms with Gasteiger partial charge in [0.15, 0.2) is 0 Å². The molecule has 226 valence electrons. The monoisotopic (exact) mass is 574 g/mol. The standard InChI is InChI=1S/C34H46N4O4/c1-5-30-29(22-38(37-30)27-15-12-16-28(21-27)42-8-4)31(24-13-10-9-11-14-24)36-26-19-17-25(18-20-26)32(39)35-23-34(6-2,7-3)33(40)41/h12,15-22,24,31,36H,5-11,13-14,23H2,1-4H3,(H,35,39)(H,40,41). The fourth-order valence-corrected chi connectivity index (χ4v) is 6.02. The smallest absolute Gasteiger partial charge is 0.311 e. The van der Waals surface area contributed by atoms with Crippen LogP contribution in [0.2, 0.25) is 0 Å². The van der Waals surface area contributed by atoms with Crippen molar-refractivity contribution in [2.75, 3.05) is 18.5 Å². The van der Waals surface area contributed by atoms with E-state index < -0.39 is 11.4 Å². The van der Waals surface area contributed by atoms with Gasteiger partial charge >= 0.3 is 5.97 Å². The van der Waals surface area contributed by atoms with Crippen LogP contribution in [0.4, 0.5) is 5.69 Å². The number of nitrogens with zero attached hydrogens (tertiary/aromatic N) is 2. The lowest BCUT2D eigenvalue weighted by Gasteiger charge is -2.32. The van der Waals surface area contributed by atoms with Crippen molar-refractivity contribution in [1.29, 1.82) is 0 Å². The normalized spacial score (nSPS) is 14.8. The first-order valence-electron chi connectivity index (χ1n) is 15.5. The van der Waals surface area contributed by atoms with Gasteiger partial charge in [-0.3, -0.25) is 9.59 Å². The number of anilines is 1. The lowest BCUT2D eigenvalue weighted by molar-refractivity contribution is -0.149. The number of aromatic nitrogens is 2. The fraction of sp³-hybridized carbons (Fsp3) is 0.500. The minimum atomic E-state index is -0.948. The topological polar surface area (TPSA) is 105 Å². The molecule has 42 heavy (non-hydrogen) atoms. The largest absolute Gasteiger partial charge is 0.494 e. The zero-order chi connectivity index (χ0) is 30.1. The molecule has 1 aliphatic carbocycles. The summed E-state index contributed by atoms with van der Waals surface area (Å²) in [5.74, 6) is 0.167. The van der Waals surface area contributed by atoms with Crippen LogP contribution in [0.1, 0.15) is 100 Å². The van der Waals surface area contributed by atoms with E-state index >= 15 is 0 Å². The summed E-state index contributed by atoms with van der Waals surface area (Å²) in [6.45, 7) is 8.54. The Hall–Kier alpha value is -3.81. The number of ether oxygens (including phenoxy) is 1. The van der Waals surface area contributed by atoms with Gasteiger partial charge < -0.3 is 20.5 Å². The first kappa shape index (κ1) is 31.1. The summed E-state index contributed by atoms with van der Waals surface area (Å²) in [5, 5.41) is 21.3. The number of aliphatic carboxylic acids is 1. The lowest BCUT2D eigenvalue weighted by Crippen LogP contribution is -2.42. The van der Waals surface area contributed by atoms with Crippen LogP contribution in [0.5, 0.6) is 5.75 Å². The van der Waals surface area contributed by atoms with E-state index in [0.717, 1.165) is 42.1 Å². The van der Waals surface area contributed by atoms with Crippen molar-refractivity contribution in [2.24, 2.45) is 11.3 Å². The maximum Gasteiger partial charge on any atom is 0.311 e. The number of carboxylic acid groups (broad SMARTS) is 1. The zero-order valence-corrected chi connectivity index (χ0v) is 25.5. The molecule has 1 amide bonds. The Morgan fingerprint density at radius 1 is 1.05 bits per heavy atom. The second-order valence-corrected chi connectivity index (χ2v) is 11.3. The highest BCUT2D eigenvalue weighted by Crippen LogP contribution is 2.38. The summed E-state index contributed by atoms with van der Waals surface area (Å²) in [6.07, 6.45) is 9.94. The van der Waals surface area contributed by atoms with Crippen molar-refractivity contribution in [3.05, 3.63) is 71.5 Å². The minimum absolute atomic E-state index is 0.0917. The van der Waals surface area contributed by atoms with Gasteiger partial charge in [0, 0.05) is 35.6 Å². The second kappa shape index (κ2) is 14.4. The molecule has 1 fully saturated rings. The van der Waals surface area contributed by atoms with Crippen LogP contribution in [0, 0.1) is 11.3 Å². The highest BCUT2D eigenvalue weighted by Gasteiger charge is 2.35. The summed E-state index contributed by atoms with van der Waals surface area (Å²) in [5.41, 5.74) is 3.75. The Bertz CT molecular complexity index is 1320. The third-order valence-corrected chi connectivity index (χ3v) is 8.87. The molecule has 3 aromatic rings. The molecule has 1 unspecified atom stereocenters. The van der Waals surface area contributed by atoms with Gasteiger partial charge in [-0.05, 0) is 81.3 Å². The molecule has 1 saturated carbocycles. The second-order valence-electron chi connectivity index (χ2n) is 11.3. The van der Waals surface area contributed by atoms with E-state index in [4.69, 9.17) is 9.84 Å². The average Bonchev–Trinajstić information content (AvgIpc) is 3.46. The molecule has 1 aliphatic rings. The first-order chi connectivity index (χ1) is 20.3. The summed E-state index contributed by atoms with van der Waals surface area (Å²) in [4.78, 5) is 24.7. The summed E-state index contributed by atoms with van der Waals surface area (Å²) < 4.78 is 7.69. The van der Waals surface area contributed by atoms with Gasteiger partial charge in [0.25, 0.3) is 5.91 Å². The van der Waals surface area contributed by atoms with Crippen molar-refractivity contribution < 1.29 is 19.4 Å². The van der Waals surface area contributed by atoms with Crippen LogP contribution >= 0.6 is 0 Å². The molecule has 1 aromatic heterocycles. The van der Waals surface area contributed by atoms with E-state index in [1.54, 1.807) is 12.1 Å². The van der Waals surface area contributed by atoms with Gasteiger partial charge in [-0.15, -0.1) is 0 Å². The molecule has 0 aliphatic heterocycles. The Kier molecular flexibility index (Phi) is 10.7. The van der Waals surface area contributed by atoms with Gasteiger partial charge in [-0.25, -0.2) is 4.68 Å². The number of aryl methyl sites for hydroxylation is 1. The van der Waals surface area contributed by atoms with Gasteiger partial charge in [-0.1, -0.05) is 46.1 Å². The minimum Gasteiger partial charge on any atom is -0.494 e. The Labute approximate surface area is 249 Å². The number of carbonyl (C=O) groups is 2. The third kappa shape index (κ3) is 7.15. The maximum absolute atomic E-state index is 12.9. The van der Waals surface area contributed by atoms with Crippen LogP contribution in [0.3, 0.4) is 0 Å². The molecule has 0 radical (unpaired) electrons. The van der Waals surface area contributed by atoms with E-state index in [-0.39, 0.29) is 18.5 Å². The lowest BCUT2D eigenvalue weighted by atomic mass is 9.81. The predicted octanol–water partition coefficient (Wildman–Crippen LogP) is 7.19. The summed E-state index contributed by atoms with van der Waals surface area (Å²) in [6, 6.07) is 15.6. The molecular formula is C34H46N4O4. The first-order valence-corrected chi connectivity index (χ1v) is 15.5. The number of benzene rings is 2. The van der Waals surface area contributed by atoms with Gasteiger partial charge in [-0.2, -0.15) is 5.10 Å².